The predicted octanol–water partition coefficient (Wildman–Crippen LogP) is 6.57. The quantitative estimate of drug-likeness (QED) is 0.0446. The molecule has 1 aromatic carbocycles. The lowest BCUT2D eigenvalue weighted by molar-refractivity contribution is -0.156. The highest BCUT2D eigenvalue weighted by Crippen LogP contribution is 2.29. The third-order valence-electron chi connectivity index (χ3n) is 19.8. The van der Waals surface area contributed by atoms with Crippen molar-refractivity contribution < 1.29 is 57.5 Å². The average Bonchev–Trinajstić information content (AvgIpc) is 0.805. The molecule has 0 saturated carbocycles. The molecule has 1 fully saturated rings. The Morgan fingerprint density at radius 3 is 1.41 bits per heavy atom. The molecular weight excluding hydrogens is 1310 g/mol. The minimum absolute atomic E-state index is 0.00125. The Morgan fingerprint density at radius 2 is 0.932 bits per heavy atom. The topological polar surface area (TPSA) is 314 Å². The minimum atomic E-state index is -1.37. The van der Waals surface area contributed by atoms with Gasteiger partial charge >= 0.3 is 0 Å². The van der Waals surface area contributed by atoms with Gasteiger partial charge in [-0.2, -0.15) is 0 Å². The van der Waals surface area contributed by atoms with Gasteiger partial charge < -0.3 is 66.6 Å². The molecule has 7 N–H and O–H groups in total. The van der Waals surface area contributed by atoms with E-state index >= 15 is 33.6 Å². The summed E-state index contributed by atoms with van der Waals surface area (Å²) in [6.07, 6.45) is 9.77. The Hall–Kier alpha value is -7.70. The first kappa shape index (κ1) is 91.4. The zero-order valence-corrected chi connectivity index (χ0v) is 67.0. The number of amides is 12. The summed E-state index contributed by atoms with van der Waals surface area (Å²) < 4.78 is 0. The molecule has 25 nitrogen and oxygen atoms in total. The van der Waals surface area contributed by atoms with Crippen molar-refractivity contribution in [1.82, 2.24) is 60.9 Å². The van der Waals surface area contributed by atoms with Crippen molar-refractivity contribution in [2.24, 2.45) is 53.1 Å². The Balaban J connectivity index is 3.19. The molecule has 25 heteroatoms. The van der Waals surface area contributed by atoms with Crippen molar-refractivity contribution in [3.05, 3.63) is 60.2 Å². The SMILES string of the molecule is C=CC(C(C)CC=CC)C1C(=O)NC(CC)C(=O)N(C)C(Cc2ccc(C(=O)NCCCCCCN)cc2)C(=O)N(C)C(CC(C)C)C(=O)NC(C(C)C)C(=O)N(C)C(CC(C)C)C(=O)NC(C)C(=O)NC(C)C(=O)N(C)C(CC(C)C)C(=O)N(C)C(CC(C)C)C(=O)N(C)C(C(C)C)C(=O)N1C. The number of carbonyl (C=O) groups excluding carboxylic acids is 12. The number of hydrogen-bond donors (Lipinski definition) is 6. The third-order valence-corrected chi connectivity index (χ3v) is 19.8. The minimum Gasteiger partial charge on any atom is -0.352 e. The Kier molecular flexibility index (Phi) is 38.6. The fourth-order valence-corrected chi connectivity index (χ4v) is 13.4. The molecule has 1 aliphatic heterocycles. The van der Waals surface area contributed by atoms with E-state index in [1.807, 2.05) is 81.4 Å². The van der Waals surface area contributed by atoms with E-state index in [1.54, 1.807) is 65.0 Å². The molecule has 0 radical (unpaired) electrons. The highest BCUT2D eigenvalue weighted by molar-refractivity contribution is 6.00. The maximum absolute atomic E-state index is 15.7. The summed E-state index contributed by atoms with van der Waals surface area (Å²) in [6.45, 7) is 35.6. The Morgan fingerprint density at radius 1 is 0.495 bits per heavy atom. The molecule has 12 amide bonds. The zero-order valence-electron chi connectivity index (χ0n) is 67.0. The van der Waals surface area contributed by atoms with Crippen LogP contribution in [0.1, 0.15) is 198 Å². The third kappa shape index (κ3) is 26.4. The molecule has 0 bridgehead atoms. The van der Waals surface area contributed by atoms with Gasteiger partial charge in [-0.15, -0.1) is 6.58 Å². The van der Waals surface area contributed by atoms with E-state index < -0.39 is 149 Å². The van der Waals surface area contributed by atoms with Crippen LogP contribution in [0.15, 0.2) is 49.1 Å². The number of nitrogens with one attached hydrogen (secondary N) is 5. The van der Waals surface area contributed by atoms with Crippen LogP contribution >= 0.6 is 0 Å². The van der Waals surface area contributed by atoms with Gasteiger partial charge in [0.05, 0.1) is 0 Å². The van der Waals surface area contributed by atoms with Crippen LogP contribution in [0.3, 0.4) is 0 Å². The van der Waals surface area contributed by atoms with Gasteiger partial charge in [-0.3, -0.25) is 57.5 Å². The van der Waals surface area contributed by atoms with E-state index in [0.29, 0.717) is 30.6 Å². The standard InChI is InChI=1S/C78H133N13O12/c1-26-29-34-52(16)57(27-2)66-71(96)83-58(28-3)73(98)88(22)63(45-55-35-37-56(38-36-55)68(93)80-40-33-31-30-32-39-79)75(100)85(19)60(42-47(6)7)70(95)84-64(50(12)13)77(102)86(20)59(41-46(4)5)69(94)81-53(17)67(92)82-54(18)72(97)87(21)61(43-48(8)9)74(99)89(23)62(44-49(10)11)76(101)90(24)65(51(14)15)78(103)91(66)25/h26-27,29,35-38,46-54,57-66H,2,28,30-34,39-45,79H2,1,3-25H3,(H,80,93)(H,81,94)(H,82,92)(H,83,96)(H,84,95). The lowest BCUT2D eigenvalue weighted by Crippen LogP contribution is -2.63. The molecule has 1 saturated heterocycles. The van der Waals surface area contributed by atoms with E-state index in [2.05, 4.69) is 33.2 Å². The van der Waals surface area contributed by atoms with Crippen LogP contribution in [0.2, 0.25) is 0 Å². The number of hydrogen-bond acceptors (Lipinski definition) is 13. The number of nitrogens with zero attached hydrogens (tertiary/aromatic N) is 7. The lowest BCUT2D eigenvalue weighted by Gasteiger charge is -2.42. The van der Waals surface area contributed by atoms with Gasteiger partial charge in [-0.1, -0.05) is 140 Å². The molecule has 2 rings (SSSR count). The van der Waals surface area contributed by atoms with Crippen molar-refractivity contribution in [3.8, 4) is 0 Å². The molecular formula is C78H133N13O12. The fourth-order valence-electron chi connectivity index (χ4n) is 13.4. The summed E-state index contributed by atoms with van der Waals surface area (Å²) in [5, 5.41) is 14.3. The van der Waals surface area contributed by atoms with Gasteiger partial charge in [-0.25, -0.2) is 0 Å². The molecule has 1 aliphatic rings. The first-order chi connectivity index (χ1) is 48.1. The highest BCUT2D eigenvalue weighted by Gasteiger charge is 2.46. The highest BCUT2D eigenvalue weighted by atomic mass is 16.2. The maximum atomic E-state index is 15.7. The maximum Gasteiger partial charge on any atom is 0.251 e. The van der Waals surface area contributed by atoms with Gasteiger partial charge in [0, 0.05) is 73.8 Å². The van der Waals surface area contributed by atoms with Crippen LogP contribution in [-0.2, 0) is 59.2 Å². The molecule has 13 atom stereocenters. The normalized spacial score (nSPS) is 24.9. The number of benzene rings is 1. The van der Waals surface area contributed by atoms with Gasteiger partial charge in [0.25, 0.3) is 5.91 Å². The molecule has 13 unspecified atom stereocenters. The van der Waals surface area contributed by atoms with E-state index in [-0.39, 0.29) is 74.0 Å². The Labute approximate surface area is 617 Å². The van der Waals surface area contributed by atoms with Crippen LogP contribution < -0.4 is 32.3 Å². The van der Waals surface area contributed by atoms with Crippen LogP contribution in [-0.4, -0.2) is 234 Å². The summed E-state index contributed by atoms with van der Waals surface area (Å²) >= 11 is 0. The van der Waals surface area contributed by atoms with E-state index in [0.717, 1.165) is 25.7 Å². The van der Waals surface area contributed by atoms with Crippen LogP contribution in [0, 0.1) is 47.3 Å². The summed E-state index contributed by atoms with van der Waals surface area (Å²) in [4.78, 5) is 189. The van der Waals surface area contributed by atoms with Gasteiger partial charge in [0.15, 0.2) is 0 Å². The van der Waals surface area contributed by atoms with Crippen molar-refractivity contribution in [2.45, 2.75) is 255 Å². The van der Waals surface area contributed by atoms with Gasteiger partial charge in [-0.05, 0) is 138 Å². The molecule has 582 valence electrons. The molecule has 1 aromatic rings. The largest absolute Gasteiger partial charge is 0.352 e. The first-order valence-corrected chi connectivity index (χ1v) is 37.5. The molecule has 0 spiro atoms. The monoisotopic (exact) mass is 1440 g/mol. The summed E-state index contributed by atoms with van der Waals surface area (Å²) in [7, 11) is 10.2. The van der Waals surface area contributed by atoms with Crippen molar-refractivity contribution in [3.63, 3.8) is 0 Å². The Bertz CT molecular complexity index is 3020. The number of likely N-dealkylation sites (N-methyl/N-ethyl adjacent to an activating group) is 7. The second-order valence-electron chi connectivity index (χ2n) is 31.0. The number of unbranched alkanes of at least 4 members (excludes halogenated alkanes) is 3. The van der Waals surface area contributed by atoms with E-state index in [9.17, 15) is 24.0 Å². The lowest BCUT2D eigenvalue weighted by atomic mass is 9.83. The summed E-state index contributed by atoms with van der Waals surface area (Å²) in [6, 6.07) is -7.11. The molecule has 0 aromatic heterocycles. The zero-order chi connectivity index (χ0) is 78.8. The molecule has 0 aliphatic carbocycles. The second-order valence-corrected chi connectivity index (χ2v) is 31.0. The number of allylic oxidation sites excluding steroid dienone is 2. The number of carbonyl (C=O) groups is 12. The number of rotatable bonds is 25. The number of nitrogens with two attached hydrogens (primary N) is 1. The van der Waals surface area contributed by atoms with Crippen molar-refractivity contribution in [1.29, 1.82) is 0 Å². The second kappa shape index (κ2) is 43.5. The molecule has 103 heavy (non-hydrogen) atoms. The smallest absolute Gasteiger partial charge is 0.251 e. The molecule has 1 heterocycles. The van der Waals surface area contributed by atoms with Crippen LogP contribution in [0.4, 0.5) is 0 Å². The van der Waals surface area contributed by atoms with Crippen molar-refractivity contribution in [2.75, 3.05) is 62.4 Å². The predicted molar refractivity (Wildman–Crippen MR) is 405 cm³/mol. The summed E-state index contributed by atoms with van der Waals surface area (Å²) in [5.74, 6) is -10.5. The average molecular weight is 1450 g/mol. The fraction of sp³-hybridized carbons (Fsp3) is 0.718. The van der Waals surface area contributed by atoms with E-state index in [4.69, 9.17) is 5.73 Å². The van der Waals surface area contributed by atoms with Crippen LogP contribution in [0.5, 0.6) is 0 Å². The van der Waals surface area contributed by atoms with Gasteiger partial charge in [0.1, 0.15) is 66.5 Å². The van der Waals surface area contributed by atoms with Crippen LogP contribution in [0.25, 0.3) is 0 Å². The van der Waals surface area contributed by atoms with E-state index in [1.165, 1.54) is 97.5 Å². The van der Waals surface area contributed by atoms with Crippen molar-refractivity contribution >= 4 is 70.9 Å². The first-order valence-electron chi connectivity index (χ1n) is 37.5. The summed E-state index contributed by atoms with van der Waals surface area (Å²) in [5.41, 5.74) is 6.57. The van der Waals surface area contributed by atoms with Gasteiger partial charge in [0.2, 0.25) is 65.0 Å².